The number of carbonyl (C=O) groups excluding carboxylic acids is 1. The van der Waals surface area contributed by atoms with Gasteiger partial charge in [-0.2, -0.15) is 26.3 Å². The lowest BCUT2D eigenvalue weighted by atomic mass is 9.74. The maximum atomic E-state index is 13.9. The van der Waals surface area contributed by atoms with Crippen molar-refractivity contribution in [3.05, 3.63) is 75.6 Å². The number of hydrogen-bond acceptors (Lipinski definition) is 4. The summed E-state index contributed by atoms with van der Waals surface area (Å²) in [7, 11) is 0. The van der Waals surface area contributed by atoms with Gasteiger partial charge in [-0.05, 0) is 29.8 Å². The normalized spacial score (nSPS) is 14.4. The zero-order chi connectivity index (χ0) is 21.2. The molecule has 1 aromatic heterocycles. The van der Waals surface area contributed by atoms with Gasteiger partial charge in [0.2, 0.25) is 6.54 Å². The number of benzene rings is 1. The minimum absolute atomic E-state index is 0.341. The van der Waals surface area contributed by atoms with Crippen molar-refractivity contribution in [2.45, 2.75) is 24.2 Å². The van der Waals surface area contributed by atoms with Gasteiger partial charge in [-0.3, -0.25) is 19.9 Å². The maximum Gasteiger partial charge on any atom is 0.416 e. The predicted octanol–water partition coefficient (Wildman–Crippen LogP) is 4.45. The van der Waals surface area contributed by atoms with E-state index in [1.54, 1.807) is 0 Å². The van der Waals surface area contributed by atoms with Gasteiger partial charge < -0.3 is 0 Å². The number of alkyl halides is 6. The number of pyridine rings is 1. The van der Waals surface area contributed by atoms with Gasteiger partial charge >= 0.3 is 12.4 Å². The maximum absolute atomic E-state index is 13.9. The SMILES string of the molecule is O=C(C[C@@](C[N+](=O)[O-])(c1ccc(C(F)(F)F)cc1)C(F)(F)F)c1ccccn1. The van der Waals surface area contributed by atoms with E-state index in [2.05, 4.69) is 4.98 Å². The second kappa shape index (κ2) is 7.56. The molecule has 150 valence electrons. The van der Waals surface area contributed by atoms with Gasteiger partial charge in [-0.25, -0.2) is 0 Å². The van der Waals surface area contributed by atoms with E-state index >= 15 is 0 Å². The Balaban J connectivity index is 2.57. The fourth-order valence-electron chi connectivity index (χ4n) is 2.69. The first-order valence-electron chi connectivity index (χ1n) is 7.67. The van der Waals surface area contributed by atoms with Crippen LogP contribution in [0.4, 0.5) is 26.3 Å². The molecule has 0 spiro atoms. The van der Waals surface area contributed by atoms with Crippen LogP contribution in [0.15, 0.2) is 48.7 Å². The molecule has 0 fully saturated rings. The summed E-state index contributed by atoms with van der Waals surface area (Å²) in [5, 5.41) is 11.0. The summed E-state index contributed by atoms with van der Waals surface area (Å²) < 4.78 is 79.9. The molecule has 11 heteroatoms. The molecule has 0 amide bonds. The van der Waals surface area contributed by atoms with Gasteiger partial charge in [0.1, 0.15) is 5.69 Å². The smallest absolute Gasteiger partial charge is 0.292 e. The lowest BCUT2D eigenvalue weighted by Crippen LogP contribution is -2.49. The Hall–Kier alpha value is -2.98. The Bertz CT molecular complexity index is 850. The topological polar surface area (TPSA) is 73.1 Å². The molecule has 1 atom stereocenters. The van der Waals surface area contributed by atoms with Gasteiger partial charge in [-0.1, -0.05) is 18.2 Å². The lowest BCUT2D eigenvalue weighted by Gasteiger charge is -2.32. The Labute approximate surface area is 154 Å². The van der Waals surface area contributed by atoms with Crippen LogP contribution < -0.4 is 0 Å². The highest BCUT2D eigenvalue weighted by atomic mass is 19.4. The molecule has 0 saturated heterocycles. The molecule has 2 rings (SSSR count). The molecule has 0 radical (unpaired) electrons. The zero-order valence-corrected chi connectivity index (χ0v) is 13.9. The summed E-state index contributed by atoms with van der Waals surface area (Å²) in [5.41, 5.74) is -5.68. The summed E-state index contributed by atoms with van der Waals surface area (Å²) in [4.78, 5) is 25.7. The van der Waals surface area contributed by atoms with E-state index in [4.69, 9.17) is 0 Å². The van der Waals surface area contributed by atoms with Crippen molar-refractivity contribution in [3.63, 3.8) is 0 Å². The first-order valence-corrected chi connectivity index (χ1v) is 7.67. The minimum atomic E-state index is -5.29. The van der Waals surface area contributed by atoms with Crippen molar-refractivity contribution in [3.8, 4) is 0 Å². The molecule has 0 unspecified atom stereocenters. The van der Waals surface area contributed by atoms with Crippen molar-refractivity contribution in [2.24, 2.45) is 0 Å². The molecule has 0 N–H and O–H groups in total. The fraction of sp³-hybridized carbons (Fsp3) is 0.294. The number of halogens is 6. The van der Waals surface area contributed by atoms with Crippen molar-refractivity contribution in [2.75, 3.05) is 6.54 Å². The molecule has 1 aromatic carbocycles. The molecule has 1 heterocycles. The van der Waals surface area contributed by atoms with E-state index < -0.39 is 52.6 Å². The van der Waals surface area contributed by atoms with Crippen LogP contribution in [0.2, 0.25) is 0 Å². The number of rotatable bonds is 6. The van der Waals surface area contributed by atoms with Crippen molar-refractivity contribution in [1.82, 2.24) is 4.98 Å². The summed E-state index contributed by atoms with van der Waals surface area (Å²) in [6.07, 6.45) is -10.3. The van der Waals surface area contributed by atoms with Crippen LogP contribution in [-0.4, -0.2) is 28.4 Å². The highest BCUT2D eigenvalue weighted by Crippen LogP contribution is 2.45. The molecule has 0 aliphatic heterocycles. The molecule has 0 bridgehead atoms. The number of ketones is 1. The lowest BCUT2D eigenvalue weighted by molar-refractivity contribution is -0.501. The third kappa shape index (κ3) is 4.46. The highest BCUT2D eigenvalue weighted by molar-refractivity contribution is 5.95. The van der Waals surface area contributed by atoms with Crippen LogP contribution in [0.3, 0.4) is 0 Å². The molecular formula is C17H12F6N2O3. The standard InChI is InChI=1S/C17H12F6N2O3/c18-16(19,20)12-6-4-11(5-7-12)15(10-25(27)28,17(21,22)23)9-14(26)13-3-1-2-8-24-13/h1-8H,9-10H2/t15-/m1/s1. The van der Waals surface area contributed by atoms with Crippen LogP contribution in [0.5, 0.6) is 0 Å². The molecule has 0 aliphatic carbocycles. The Morgan fingerprint density at radius 1 is 0.964 bits per heavy atom. The monoisotopic (exact) mass is 406 g/mol. The average Bonchev–Trinajstić information content (AvgIpc) is 2.59. The summed E-state index contributed by atoms with van der Waals surface area (Å²) in [6.45, 7) is -1.72. The summed E-state index contributed by atoms with van der Waals surface area (Å²) >= 11 is 0. The molecule has 2 aromatic rings. The number of nitro groups is 1. The number of carbonyl (C=O) groups is 1. The molecule has 0 saturated carbocycles. The minimum Gasteiger partial charge on any atom is -0.292 e. The van der Waals surface area contributed by atoms with E-state index in [9.17, 15) is 41.3 Å². The van der Waals surface area contributed by atoms with Gasteiger partial charge in [-0.15, -0.1) is 0 Å². The van der Waals surface area contributed by atoms with Crippen LogP contribution in [0.1, 0.15) is 28.0 Å². The van der Waals surface area contributed by atoms with E-state index in [1.165, 1.54) is 12.1 Å². The van der Waals surface area contributed by atoms with Gasteiger partial charge in [0.05, 0.1) is 5.56 Å². The molecule has 5 nitrogen and oxygen atoms in total. The van der Waals surface area contributed by atoms with Crippen LogP contribution >= 0.6 is 0 Å². The quantitative estimate of drug-likeness (QED) is 0.308. The number of nitrogens with zero attached hydrogens (tertiary/aromatic N) is 2. The van der Waals surface area contributed by atoms with Crippen LogP contribution in [0.25, 0.3) is 0 Å². The Kier molecular flexibility index (Phi) is 5.76. The van der Waals surface area contributed by atoms with Gasteiger partial charge in [0, 0.05) is 17.5 Å². The molecular weight excluding hydrogens is 394 g/mol. The van der Waals surface area contributed by atoms with Gasteiger partial charge in [0.15, 0.2) is 11.2 Å². The highest BCUT2D eigenvalue weighted by Gasteiger charge is 2.60. The van der Waals surface area contributed by atoms with Crippen molar-refractivity contribution < 1.29 is 36.1 Å². The number of hydrogen-bond donors (Lipinski definition) is 0. The van der Waals surface area contributed by atoms with Crippen molar-refractivity contribution in [1.29, 1.82) is 0 Å². The predicted molar refractivity (Wildman–Crippen MR) is 84.2 cm³/mol. The molecule has 0 aliphatic rings. The van der Waals surface area contributed by atoms with Crippen molar-refractivity contribution >= 4 is 5.78 Å². The second-order valence-electron chi connectivity index (χ2n) is 5.96. The number of aromatic nitrogens is 1. The van der Waals surface area contributed by atoms with Crippen LogP contribution in [0, 0.1) is 10.1 Å². The average molecular weight is 406 g/mol. The first-order chi connectivity index (χ1) is 12.9. The largest absolute Gasteiger partial charge is 0.416 e. The van der Waals surface area contributed by atoms with Crippen LogP contribution in [-0.2, 0) is 11.6 Å². The number of Topliss-reactive ketones (excluding diaryl/α,β-unsaturated/α-hetero) is 1. The Morgan fingerprint density at radius 3 is 1.96 bits per heavy atom. The summed E-state index contributed by atoms with van der Waals surface area (Å²) in [6, 6.07) is 5.70. The van der Waals surface area contributed by atoms with E-state index in [1.807, 2.05) is 0 Å². The third-order valence-corrected chi connectivity index (χ3v) is 4.12. The summed E-state index contributed by atoms with van der Waals surface area (Å²) in [5.74, 6) is -1.13. The van der Waals surface area contributed by atoms with Gasteiger partial charge in [0.25, 0.3) is 0 Å². The third-order valence-electron chi connectivity index (χ3n) is 4.12. The Morgan fingerprint density at radius 2 is 1.54 bits per heavy atom. The molecule has 28 heavy (non-hydrogen) atoms. The van der Waals surface area contributed by atoms with E-state index in [-0.39, 0.29) is 5.69 Å². The van der Waals surface area contributed by atoms with E-state index in [0.717, 1.165) is 12.3 Å². The first kappa shape index (κ1) is 21.3. The zero-order valence-electron chi connectivity index (χ0n) is 13.9. The fourth-order valence-corrected chi connectivity index (χ4v) is 2.69. The second-order valence-corrected chi connectivity index (χ2v) is 5.96. The van der Waals surface area contributed by atoms with E-state index in [0.29, 0.717) is 24.3 Å².